The summed E-state index contributed by atoms with van der Waals surface area (Å²) in [5.41, 5.74) is 0. The first-order chi connectivity index (χ1) is 8.61. The summed E-state index contributed by atoms with van der Waals surface area (Å²) in [5.74, 6) is 2.76. The average molecular weight is 292 g/mol. The van der Waals surface area contributed by atoms with Crippen molar-refractivity contribution in [3.63, 3.8) is 0 Å². The predicted octanol–water partition coefficient (Wildman–Crippen LogP) is 0.336. The van der Waals surface area contributed by atoms with E-state index in [9.17, 15) is 4.79 Å². The van der Waals surface area contributed by atoms with Crippen LogP contribution in [0.5, 0.6) is 0 Å². The van der Waals surface area contributed by atoms with E-state index in [0.717, 1.165) is 24.6 Å². The number of hydrogen-bond donors (Lipinski definition) is 2. The smallest absolute Gasteiger partial charge is 0.243 e. The van der Waals surface area contributed by atoms with Gasteiger partial charge in [0, 0.05) is 38.7 Å². The van der Waals surface area contributed by atoms with E-state index in [1.54, 1.807) is 42.5 Å². The predicted molar refractivity (Wildman–Crippen MR) is 83.8 cm³/mol. The molecular weight excluding hydrogens is 268 g/mol. The van der Waals surface area contributed by atoms with Gasteiger partial charge in [0.05, 0.1) is 0 Å². The Hall–Kier alpha value is -0.560. The van der Waals surface area contributed by atoms with E-state index in [2.05, 4.69) is 28.1 Å². The van der Waals surface area contributed by atoms with Crippen molar-refractivity contribution in [2.24, 2.45) is 4.99 Å². The Balaban J connectivity index is 4.16. The molecule has 0 rings (SSSR count). The lowest BCUT2D eigenvalue weighted by Crippen LogP contribution is -2.40. The van der Waals surface area contributed by atoms with Crippen LogP contribution in [0.15, 0.2) is 4.99 Å². The lowest BCUT2D eigenvalue weighted by Gasteiger charge is -2.13. The van der Waals surface area contributed by atoms with Gasteiger partial charge in [0.2, 0.25) is 5.91 Å². The Bertz CT molecular complexity index is 247. The van der Waals surface area contributed by atoms with Crippen molar-refractivity contribution in [3.05, 3.63) is 0 Å². The first-order valence-corrected chi connectivity index (χ1v) is 8.60. The zero-order chi connectivity index (χ0) is 13.8. The molecule has 0 spiro atoms. The Morgan fingerprint density at radius 3 is 2.00 bits per heavy atom. The second kappa shape index (κ2) is 11.5. The molecule has 0 unspecified atom stereocenters. The van der Waals surface area contributed by atoms with Crippen LogP contribution < -0.4 is 10.6 Å². The van der Waals surface area contributed by atoms with Gasteiger partial charge >= 0.3 is 0 Å². The minimum absolute atomic E-state index is 0.00540. The van der Waals surface area contributed by atoms with Gasteiger partial charge in [-0.2, -0.15) is 23.5 Å². The van der Waals surface area contributed by atoms with Crippen LogP contribution in [0.3, 0.4) is 0 Å². The van der Waals surface area contributed by atoms with Crippen molar-refractivity contribution >= 4 is 35.4 Å². The summed E-state index contributed by atoms with van der Waals surface area (Å²) < 4.78 is 0. The fraction of sp³-hybridized carbons (Fsp3) is 0.818. The van der Waals surface area contributed by atoms with Crippen LogP contribution in [0.1, 0.15) is 0 Å². The number of guanidine groups is 1. The molecule has 106 valence electrons. The highest BCUT2D eigenvalue weighted by Crippen LogP contribution is 1.89. The number of thioether (sulfide) groups is 2. The molecule has 2 N–H and O–H groups in total. The first-order valence-electron chi connectivity index (χ1n) is 5.82. The van der Waals surface area contributed by atoms with Crippen molar-refractivity contribution in [2.45, 2.75) is 0 Å². The van der Waals surface area contributed by atoms with Gasteiger partial charge in [-0.3, -0.25) is 4.79 Å². The minimum atomic E-state index is 0.00540. The van der Waals surface area contributed by atoms with Gasteiger partial charge in [-0.15, -0.1) is 0 Å². The molecule has 0 bridgehead atoms. The summed E-state index contributed by atoms with van der Waals surface area (Å²) in [4.78, 5) is 17.3. The van der Waals surface area contributed by atoms with E-state index in [4.69, 9.17) is 0 Å². The normalized spacial score (nSPS) is 9.78. The molecule has 0 aliphatic rings. The maximum Gasteiger partial charge on any atom is 0.243 e. The van der Waals surface area contributed by atoms with Crippen LogP contribution in [-0.4, -0.2) is 74.5 Å². The summed E-state index contributed by atoms with van der Waals surface area (Å²) in [6.45, 7) is 1.88. The molecule has 0 saturated heterocycles. The summed E-state index contributed by atoms with van der Waals surface area (Å²) in [5, 5.41) is 6.42. The summed E-state index contributed by atoms with van der Waals surface area (Å²) in [6, 6.07) is 0. The van der Waals surface area contributed by atoms with Gasteiger partial charge in [-0.05, 0) is 12.5 Å². The van der Waals surface area contributed by atoms with E-state index >= 15 is 0 Å². The number of carbonyl (C=O) groups excluding carboxylic acids is 1. The minimum Gasteiger partial charge on any atom is -0.356 e. The molecule has 0 aliphatic carbocycles. The largest absolute Gasteiger partial charge is 0.356 e. The van der Waals surface area contributed by atoms with Gasteiger partial charge in [0.25, 0.3) is 0 Å². The van der Waals surface area contributed by atoms with Crippen LogP contribution in [0, 0.1) is 0 Å². The summed E-state index contributed by atoms with van der Waals surface area (Å²) >= 11 is 3.55. The lowest BCUT2D eigenvalue weighted by molar-refractivity contribution is -0.127. The van der Waals surface area contributed by atoms with Crippen molar-refractivity contribution in [1.82, 2.24) is 15.5 Å². The van der Waals surface area contributed by atoms with E-state index in [1.165, 1.54) is 0 Å². The molecule has 18 heavy (non-hydrogen) atoms. The van der Waals surface area contributed by atoms with Crippen molar-refractivity contribution in [1.29, 1.82) is 0 Å². The number of nitrogens with one attached hydrogen (secondary N) is 2. The number of rotatable bonds is 8. The van der Waals surface area contributed by atoms with Gasteiger partial charge < -0.3 is 15.5 Å². The quantitative estimate of drug-likeness (QED) is 0.384. The van der Waals surface area contributed by atoms with Gasteiger partial charge in [0.1, 0.15) is 6.54 Å². The van der Waals surface area contributed by atoms with Crippen LogP contribution in [-0.2, 0) is 4.79 Å². The van der Waals surface area contributed by atoms with Gasteiger partial charge in [-0.25, -0.2) is 4.99 Å². The third-order valence-corrected chi connectivity index (χ3v) is 3.29. The van der Waals surface area contributed by atoms with Crippen LogP contribution in [0.4, 0.5) is 0 Å². The van der Waals surface area contributed by atoms with E-state index in [0.29, 0.717) is 5.96 Å². The maximum atomic E-state index is 11.5. The van der Waals surface area contributed by atoms with E-state index in [-0.39, 0.29) is 12.5 Å². The average Bonchev–Trinajstić information content (AvgIpc) is 2.35. The highest BCUT2D eigenvalue weighted by molar-refractivity contribution is 7.98. The Labute approximate surface area is 119 Å². The fourth-order valence-corrected chi connectivity index (χ4v) is 1.62. The zero-order valence-corrected chi connectivity index (χ0v) is 13.3. The summed E-state index contributed by atoms with van der Waals surface area (Å²) in [7, 11) is 3.47. The molecule has 0 saturated carbocycles. The topological polar surface area (TPSA) is 56.7 Å². The second-order valence-electron chi connectivity index (χ2n) is 3.79. The molecule has 7 heteroatoms. The van der Waals surface area contributed by atoms with E-state index < -0.39 is 0 Å². The van der Waals surface area contributed by atoms with Crippen molar-refractivity contribution in [2.75, 3.05) is 57.7 Å². The molecule has 0 aromatic rings. The van der Waals surface area contributed by atoms with Gasteiger partial charge in [-0.1, -0.05) is 0 Å². The number of amides is 1. The molecule has 0 fully saturated rings. The highest BCUT2D eigenvalue weighted by Gasteiger charge is 2.03. The highest BCUT2D eigenvalue weighted by atomic mass is 32.2. The molecule has 0 aromatic heterocycles. The van der Waals surface area contributed by atoms with E-state index in [1.807, 2.05) is 0 Å². The van der Waals surface area contributed by atoms with Crippen molar-refractivity contribution < 1.29 is 4.79 Å². The number of aliphatic imine (C=N–C) groups is 1. The number of nitrogens with zero attached hydrogens (tertiary/aromatic N) is 2. The molecule has 0 aromatic carbocycles. The first kappa shape index (κ1) is 17.4. The Kier molecular flexibility index (Phi) is 11.2. The van der Waals surface area contributed by atoms with Crippen LogP contribution >= 0.6 is 23.5 Å². The third kappa shape index (κ3) is 9.47. The lowest BCUT2D eigenvalue weighted by atomic mass is 10.5. The fourth-order valence-electron chi connectivity index (χ4n) is 1.01. The third-order valence-electron chi connectivity index (χ3n) is 2.07. The molecular formula is C11H24N4OS2. The SMILES string of the molecule is CSCCNC(=NCC(=O)N(C)C)NCCSC. The zero-order valence-electron chi connectivity index (χ0n) is 11.7. The van der Waals surface area contributed by atoms with Gasteiger partial charge in [0.15, 0.2) is 5.96 Å². The Morgan fingerprint density at radius 1 is 1.11 bits per heavy atom. The molecule has 0 radical (unpaired) electrons. The van der Waals surface area contributed by atoms with Crippen LogP contribution in [0.25, 0.3) is 0 Å². The standard InChI is InChI=1S/C11H24N4OS2/c1-15(2)10(16)9-14-11(12-5-7-17-3)13-6-8-18-4/h5-9H2,1-4H3,(H2,12,13,14). The number of hydrogen-bond acceptors (Lipinski definition) is 4. The molecule has 1 amide bonds. The molecule has 0 atom stereocenters. The monoisotopic (exact) mass is 292 g/mol. The Morgan fingerprint density at radius 2 is 1.61 bits per heavy atom. The molecule has 0 heterocycles. The molecule has 0 aliphatic heterocycles. The maximum absolute atomic E-state index is 11.5. The summed E-state index contributed by atoms with van der Waals surface area (Å²) in [6.07, 6.45) is 4.13. The molecule has 5 nitrogen and oxygen atoms in total. The van der Waals surface area contributed by atoms with Crippen LogP contribution in [0.2, 0.25) is 0 Å². The number of carbonyl (C=O) groups is 1. The van der Waals surface area contributed by atoms with Crippen molar-refractivity contribution in [3.8, 4) is 0 Å². The number of likely N-dealkylation sites (N-methyl/N-ethyl adjacent to an activating group) is 1. The second-order valence-corrected chi connectivity index (χ2v) is 5.76.